The lowest BCUT2D eigenvalue weighted by molar-refractivity contribution is -0.122. The topological polar surface area (TPSA) is 96.2 Å². The zero-order chi connectivity index (χ0) is 20.6. The van der Waals surface area contributed by atoms with Gasteiger partial charge in [-0.15, -0.1) is 0 Å². The van der Waals surface area contributed by atoms with Crippen LogP contribution in [0, 0.1) is 11.8 Å². The summed E-state index contributed by atoms with van der Waals surface area (Å²) in [4.78, 5) is 23.2. The number of benzene rings is 1. The van der Waals surface area contributed by atoms with Gasteiger partial charge in [0, 0.05) is 30.9 Å². The summed E-state index contributed by atoms with van der Waals surface area (Å²) in [6.07, 6.45) is 3.81. The van der Waals surface area contributed by atoms with Gasteiger partial charge < -0.3 is 21.3 Å². The van der Waals surface area contributed by atoms with Gasteiger partial charge in [-0.2, -0.15) is 4.98 Å². The second-order valence-corrected chi connectivity index (χ2v) is 7.87. The number of aromatic nitrogens is 2. The molecule has 1 aliphatic carbocycles. The van der Waals surface area contributed by atoms with E-state index in [-0.39, 0.29) is 11.8 Å². The molecule has 7 nitrogen and oxygen atoms in total. The number of carbonyl (C=O) groups excluding carboxylic acids is 1. The minimum Gasteiger partial charge on any atom is -0.369 e. The molecule has 4 N–H and O–H groups in total. The number of nitrogens with one attached hydrogen (secondary N) is 2. The van der Waals surface area contributed by atoms with E-state index in [2.05, 4.69) is 35.4 Å². The fourth-order valence-electron chi connectivity index (χ4n) is 4.05. The Hall–Kier alpha value is -2.41. The highest BCUT2D eigenvalue weighted by atomic mass is 16.1. The van der Waals surface area contributed by atoms with Crippen molar-refractivity contribution in [1.29, 1.82) is 0 Å². The summed E-state index contributed by atoms with van der Waals surface area (Å²) in [6, 6.07) is 8.11. The number of amides is 1. The van der Waals surface area contributed by atoms with E-state index in [9.17, 15) is 4.79 Å². The predicted octanol–water partition coefficient (Wildman–Crippen LogP) is 3.09. The van der Waals surface area contributed by atoms with Crippen LogP contribution in [0.2, 0.25) is 0 Å². The number of para-hydroxylation sites is 1. The molecule has 0 aliphatic heterocycles. The molecule has 1 fully saturated rings. The molecule has 1 amide bonds. The summed E-state index contributed by atoms with van der Waals surface area (Å²) < 4.78 is 0. The van der Waals surface area contributed by atoms with Gasteiger partial charge in [0.15, 0.2) is 0 Å². The molecule has 0 atom stereocenters. The summed E-state index contributed by atoms with van der Waals surface area (Å²) in [6.45, 7) is 9.12. The molecule has 0 bridgehead atoms. The van der Waals surface area contributed by atoms with Crippen molar-refractivity contribution in [3.05, 3.63) is 24.3 Å². The number of fused-ring (bicyclic) bond motifs is 1. The van der Waals surface area contributed by atoms with Crippen LogP contribution < -0.4 is 16.4 Å². The number of likely N-dealkylation sites (N-methyl/N-ethyl adjacent to an activating group) is 1. The molecule has 1 aromatic heterocycles. The number of anilines is 2. The summed E-state index contributed by atoms with van der Waals surface area (Å²) in [7, 11) is 0. The number of hydrogen-bond acceptors (Lipinski definition) is 6. The molecular weight excluding hydrogens is 364 g/mol. The fraction of sp³-hybridized carbons (Fsp3) is 0.591. The van der Waals surface area contributed by atoms with Crippen LogP contribution in [0.15, 0.2) is 24.3 Å². The van der Waals surface area contributed by atoms with Crippen molar-refractivity contribution < 1.29 is 4.79 Å². The number of hydrogen-bond donors (Lipinski definition) is 3. The predicted molar refractivity (Wildman–Crippen MR) is 119 cm³/mol. The molecule has 1 heterocycles. The van der Waals surface area contributed by atoms with E-state index in [1.807, 2.05) is 18.2 Å². The van der Waals surface area contributed by atoms with Crippen LogP contribution in [0.5, 0.6) is 0 Å². The lowest BCUT2D eigenvalue weighted by atomic mass is 9.82. The summed E-state index contributed by atoms with van der Waals surface area (Å²) in [5, 5.41) is 7.96. The molecule has 7 heteroatoms. The number of nitrogens with zero attached hydrogens (tertiary/aromatic N) is 3. The Bertz CT molecular complexity index is 799. The van der Waals surface area contributed by atoms with Gasteiger partial charge in [0.05, 0.1) is 5.52 Å². The number of nitrogens with two attached hydrogens (primary N) is 1. The first-order valence-electron chi connectivity index (χ1n) is 10.9. The van der Waals surface area contributed by atoms with Crippen LogP contribution in [0.4, 0.5) is 11.8 Å². The third-order valence-electron chi connectivity index (χ3n) is 6.02. The van der Waals surface area contributed by atoms with Gasteiger partial charge in [-0.25, -0.2) is 4.98 Å². The van der Waals surface area contributed by atoms with Gasteiger partial charge in [0.2, 0.25) is 11.9 Å². The van der Waals surface area contributed by atoms with E-state index >= 15 is 0 Å². The second-order valence-electron chi connectivity index (χ2n) is 7.87. The van der Waals surface area contributed by atoms with E-state index in [4.69, 9.17) is 15.7 Å². The molecule has 0 radical (unpaired) electrons. The van der Waals surface area contributed by atoms with Gasteiger partial charge in [0.1, 0.15) is 5.82 Å². The van der Waals surface area contributed by atoms with Crippen molar-refractivity contribution in [2.75, 3.05) is 43.4 Å². The molecule has 29 heavy (non-hydrogen) atoms. The van der Waals surface area contributed by atoms with Crippen molar-refractivity contribution in [3.8, 4) is 0 Å². The van der Waals surface area contributed by atoms with E-state index < -0.39 is 0 Å². The highest BCUT2D eigenvalue weighted by molar-refractivity contribution is 5.90. The Morgan fingerprint density at radius 1 is 1.10 bits per heavy atom. The van der Waals surface area contributed by atoms with Gasteiger partial charge in [-0.1, -0.05) is 26.0 Å². The molecule has 0 unspecified atom stereocenters. The highest BCUT2D eigenvalue weighted by Gasteiger charge is 2.24. The lowest BCUT2D eigenvalue weighted by Crippen LogP contribution is -2.30. The van der Waals surface area contributed by atoms with Crippen LogP contribution in [-0.4, -0.2) is 53.5 Å². The Morgan fingerprint density at radius 3 is 2.52 bits per heavy atom. The Morgan fingerprint density at radius 2 is 1.83 bits per heavy atom. The average molecular weight is 399 g/mol. The molecular formula is C22H34N6O. The van der Waals surface area contributed by atoms with Crippen LogP contribution >= 0.6 is 0 Å². The number of rotatable bonds is 10. The number of carbonyl (C=O) groups is 1. The molecule has 1 saturated carbocycles. The van der Waals surface area contributed by atoms with Crippen molar-refractivity contribution in [1.82, 2.24) is 14.9 Å². The van der Waals surface area contributed by atoms with E-state index in [0.717, 1.165) is 75.1 Å². The normalized spacial score (nSPS) is 19.4. The van der Waals surface area contributed by atoms with Gasteiger partial charge in [-0.05, 0) is 56.8 Å². The molecule has 1 aromatic carbocycles. The molecule has 0 saturated heterocycles. The van der Waals surface area contributed by atoms with Crippen molar-refractivity contribution in [3.63, 3.8) is 0 Å². The molecule has 3 rings (SSSR count). The summed E-state index contributed by atoms with van der Waals surface area (Å²) in [5.74, 6) is 1.95. The first kappa shape index (κ1) is 21.3. The maximum Gasteiger partial charge on any atom is 0.225 e. The Kier molecular flexibility index (Phi) is 7.63. The molecule has 1 aliphatic rings. The van der Waals surface area contributed by atoms with Gasteiger partial charge in [0.25, 0.3) is 0 Å². The van der Waals surface area contributed by atoms with Crippen LogP contribution in [-0.2, 0) is 4.79 Å². The lowest BCUT2D eigenvalue weighted by Gasteiger charge is -2.26. The average Bonchev–Trinajstić information content (AvgIpc) is 2.75. The third-order valence-corrected chi connectivity index (χ3v) is 6.02. The van der Waals surface area contributed by atoms with Crippen LogP contribution in [0.3, 0.4) is 0 Å². The first-order chi connectivity index (χ1) is 14.1. The molecule has 0 spiro atoms. The monoisotopic (exact) mass is 398 g/mol. The second kappa shape index (κ2) is 10.4. The van der Waals surface area contributed by atoms with Gasteiger partial charge >= 0.3 is 0 Å². The summed E-state index contributed by atoms with van der Waals surface area (Å²) in [5.41, 5.74) is 6.38. The smallest absolute Gasteiger partial charge is 0.225 e. The van der Waals surface area contributed by atoms with Crippen molar-refractivity contribution in [2.24, 2.45) is 17.6 Å². The first-order valence-corrected chi connectivity index (χ1v) is 10.9. The summed E-state index contributed by atoms with van der Waals surface area (Å²) >= 11 is 0. The number of primary amides is 1. The van der Waals surface area contributed by atoms with E-state index in [1.165, 1.54) is 0 Å². The maximum absolute atomic E-state index is 11.3. The Labute approximate surface area is 173 Å². The van der Waals surface area contributed by atoms with Crippen LogP contribution in [0.25, 0.3) is 10.9 Å². The minimum atomic E-state index is -0.158. The van der Waals surface area contributed by atoms with Crippen molar-refractivity contribution >= 4 is 28.6 Å². The largest absolute Gasteiger partial charge is 0.369 e. The van der Waals surface area contributed by atoms with E-state index in [1.54, 1.807) is 0 Å². The van der Waals surface area contributed by atoms with Gasteiger partial charge in [-0.3, -0.25) is 4.79 Å². The standard InChI is InChI=1S/C22H34N6O/c1-3-28(4-2)14-13-24-21-18-7-5-6-8-19(18)26-22(27-21)25-15-16-9-11-17(12-10-16)20(23)29/h5-8,16-17H,3-4,9-15H2,1-2H3,(H2,23,29)(H2,24,25,26,27). The van der Waals surface area contributed by atoms with E-state index in [0.29, 0.717) is 11.9 Å². The zero-order valence-electron chi connectivity index (χ0n) is 17.7. The third kappa shape index (κ3) is 5.79. The fourth-order valence-corrected chi connectivity index (χ4v) is 4.05. The maximum atomic E-state index is 11.3. The van der Waals surface area contributed by atoms with Crippen LogP contribution in [0.1, 0.15) is 39.5 Å². The highest BCUT2D eigenvalue weighted by Crippen LogP contribution is 2.29. The quantitative estimate of drug-likeness (QED) is 0.569. The zero-order valence-corrected chi connectivity index (χ0v) is 17.7. The molecule has 158 valence electrons. The van der Waals surface area contributed by atoms with Crippen molar-refractivity contribution in [2.45, 2.75) is 39.5 Å². The molecule has 2 aromatic rings. The Balaban J connectivity index is 1.63. The SMILES string of the molecule is CCN(CC)CCNc1nc(NCC2CCC(C(N)=O)CC2)nc2ccccc12. The minimum absolute atomic E-state index is 0.0461.